The highest BCUT2D eigenvalue weighted by molar-refractivity contribution is 6.61. The van der Waals surface area contributed by atoms with Crippen LogP contribution in [-0.2, 0) is 14.3 Å². The van der Waals surface area contributed by atoms with Crippen LogP contribution in [0.1, 0.15) is 27.2 Å². The van der Waals surface area contributed by atoms with E-state index in [1.807, 2.05) is 0 Å². The molecule has 120 valence electrons. The van der Waals surface area contributed by atoms with Crippen LogP contribution in [0.5, 0.6) is 0 Å². The summed E-state index contributed by atoms with van der Waals surface area (Å²) in [6.45, 7) is 6.21. The SMILES string of the molecule is CC(C)(C)OC(=O)N1CC2CC2(C(=O)O)C1.COC(=O)Cl. The maximum Gasteiger partial charge on any atom is 0.410 e. The average Bonchev–Trinajstić information content (AvgIpc) is 2.91. The lowest BCUT2D eigenvalue weighted by Gasteiger charge is -2.25. The van der Waals surface area contributed by atoms with Gasteiger partial charge in [0, 0.05) is 24.7 Å². The Bertz CT molecular complexity index is 446. The first-order valence-electron chi connectivity index (χ1n) is 6.46. The molecule has 8 heteroatoms. The van der Waals surface area contributed by atoms with E-state index >= 15 is 0 Å². The Labute approximate surface area is 128 Å². The third-order valence-electron chi connectivity index (χ3n) is 3.38. The molecule has 21 heavy (non-hydrogen) atoms. The van der Waals surface area contributed by atoms with Gasteiger partial charge in [-0.1, -0.05) is 0 Å². The lowest BCUT2D eigenvalue weighted by Crippen LogP contribution is -2.38. The molecule has 1 aliphatic carbocycles. The van der Waals surface area contributed by atoms with Crippen LogP contribution in [-0.4, -0.2) is 53.3 Å². The molecule has 0 radical (unpaired) electrons. The second-order valence-corrected chi connectivity index (χ2v) is 6.47. The van der Waals surface area contributed by atoms with E-state index in [9.17, 15) is 14.4 Å². The van der Waals surface area contributed by atoms with Crippen LogP contribution in [0, 0.1) is 11.3 Å². The molecule has 2 rings (SSSR count). The summed E-state index contributed by atoms with van der Waals surface area (Å²) in [7, 11) is 1.22. The molecular formula is C13H20ClNO6. The molecule has 1 aliphatic heterocycles. The molecule has 2 atom stereocenters. The molecular weight excluding hydrogens is 302 g/mol. The Morgan fingerprint density at radius 2 is 1.86 bits per heavy atom. The zero-order valence-electron chi connectivity index (χ0n) is 12.5. The predicted octanol–water partition coefficient (Wildman–Crippen LogP) is 2.32. The van der Waals surface area contributed by atoms with Crippen molar-refractivity contribution in [1.29, 1.82) is 0 Å². The van der Waals surface area contributed by atoms with E-state index in [1.165, 1.54) is 12.0 Å². The summed E-state index contributed by atoms with van der Waals surface area (Å²) in [6.07, 6.45) is 0.294. The van der Waals surface area contributed by atoms with Gasteiger partial charge < -0.3 is 19.5 Å². The van der Waals surface area contributed by atoms with E-state index in [-0.39, 0.29) is 5.92 Å². The number of piperidine rings is 1. The number of aliphatic carboxylic acids is 1. The zero-order chi connectivity index (χ0) is 16.4. The van der Waals surface area contributed by atoms with Gasteiger partial charge in [-0.3, -0.25) is 4.79 Å². The molecule has 2 aliphatic rings. The number of hydrogen-bond donors (Lipinski definition) is 1. The van der Waals surface area contributed by atoms with Crippen LogP contribution in [0.2, 0.25) is 0 Å². The Kier molecular flexibility index (Phi) is 5.09. The number of rotatable bonds is 1. The Hall–Kier alpha value is -1.50. The number of carboxylic acids is 1. The number of ether oxygens (including phenoxy) is 2. The fourth-order valence-corrected chi connectivity index (χ4v) is 2.28. The highest BCUT2D eigenvalue weighted by Crippen LogP contribution is 2.57. The van der Waals surface area contributed by atoms with E-state index < -0.39 is 28.5 Å². The topological polar surface area (TPSA) is 93.1 Å². The van der Waals surface area contributed by atoms with Crippen LogP contribution < -0.4 is 0 Å². The number of likely N-dealkylation sites (tertiary alicyclic amines) is 1. The summed E-state index contributed by atoms with van der Waals surface area (Å²) in [6, 6.07) is 0. The molecule has 1 amide bonds. The molecule has 0 aromatic heterocycles. The summed E-state index contributed by atoms with van der Waals surface area (Å²) < 4.78 is 9.09. The molecule has 0 spiro atoms. The van der Waals surface area contributed by atoms with Gasteiger partial charge in [-0.05, 0) is 33.1 Å². The fourth-order valence-electron chi connectivity index (χ4n) is 2.28. The van der Waals surface area contributed by atoms with Gasteiger partial charge in [-0.15, -0.1) is 0 Å². The predicted molar refractivity (Wildman–Crippen MR) is 74.2 cm³/mol. The average molecular weight is 322 g/mol. The van der Waals surface area contributed by atoms with Crippen LogP contribution in [0.15, 0.2) is 0 Å². The lowest BCUT2D eigenvalue weighted by atomic mass is 10.1. The second-order valence-electron chi connectivity index (χ2n) is 6.16. The third kappa shape index (κ3) is 4.49. The van der Waals surface area contributed by atoms with E-state index in [0.29, 0.717) is 19.5 Å². The van der Waals surface area contributed by atoms with Crippen molar-refractivity contribution in [3.63, 3.8) is 0 Å². The maximum absolute atomic E-state index is 11.7. The van der Waals surface area contributed by atoms with Crippen molar-refractivity contribution in [1.82, 2.24) is 4.90 Å². The fraction of sp³-hybridized carbons (Fsp3) is 0.769. The molecule has 1 N–H and O–H groups in total. The summed E-state index contributed by atoms with van der Waals surface area (Å²) in [5.41, 5.74) is -1.97. The van der Waals surface area contributed by atoms with Gasteiger partial charge >= 0.3 is 17.5 Å². The molecule has 1 heterocycles. The van der Waals surface area contributed by atoms with Crippen molar-refractivity contribution in [3.8, 4) is 0 Å². The van der Waals surface area contributed by atoms with Gasteiger partial charge in [0.1, 0.15) is 5.60 Å². The molecule has 0 aromatic carbocycles. The van der Waals surface area contributed by atoms with Gasteiger partial charge in [-0.2, -0.15) is 0 Å². The molecule has 2 unspecified atom stereocenters. The molecule has 7 nitrogen and oxygen atoms in total. The van der Waals surface area contributed by atoms with E-state index in [4.69, 9.17) is 9.84 Å². The number of hydrogen-bond acceptors (Lipinski definition) is 5. The lowest BCUT2D eigenvalue weighted by molar-refractivity contribution is -0.143. The van der Waals surface area contributed by atoms with Crippen LogP contribution in [0.3, 0.4) is 0 Å². The zero-order valence-corrected chi connectivity index (χ0v) is 13.3. The first-order chi connectivity index (χ1) is 9.51. The largest absolute Gasteiger partial charge is 0.481 e. The van der Waals surface area contributed by atoms with Gasteiger partial charge in [0.05, 0.1) is 12.5 Å². The molecule has 1 saturated heterocycles. The van der Waals surface area contributed by atoms with Crippen molar-refractivity contribution >= 4 is 29.1 Å². The summed E-state index contributed by atoms with van der Waals surface area (Å²) in [5, 5.41) is 9.07. The third-order valence-corrected chi connectivity index (χ3v) is 3.54. The van der Waals surface area contributed by atoms with Crippen molar-refractivity contribution < 1.29 is 29.0 Å². The number of nitrogens with zero attached hydrogens (tertiary/aromatic N) is 1. The molecule has 0 aromatic rings. The second kappa shape index (κ2) is 6.09. The molecule has 0 bridgehead atoms. The van der Waals surface area contributed by atoms with Crippen LogP contribution in [0.25, 0.3) is 0 Å². The highest BCUT2D eigenvalue weighted by Gasteiger charge is 2.66. The van der Waals surface area contributed by atoms with Crippen LogP contribution in [0.4, 0.5) is 9.59 Å². The minimum atomic E-state index is -0.788. The number of carboxylic acid groups (broad SMARTS) is 1. The Morgan fingerprint density at radius 3 is 2.19 bits per heavy atom. The first kappa shape index (κ1) is 17.6. The molecule has 1 saturated carbocycles. The van der Waals surface area contributed by atoms with Gasteiger partial charge in [0.15, 0.2) is 0 Å². The summed E-state index contributed by atoms with van der Waals surface area (Å²) in [4.78, 5) is 33.6. The monoisotopic (exact) mass is 321 g/mol. The summed E-state index contributed by atoms with van der Waals surface area (Å²) in [5.74, 6) is -0.666. The smallest absolute Gasteiger partial charge is 0.410 e. The minimum Gasteiger partial charge on any atom is -0.481 e. The Balaban J connectivity index is 0.000000383. The maximum atomic E-state index is 11.7. The number of amides is 1. The quantitative estimate of drug-likeness (QED) is 0.745. The normalized spacial score (nSPS) is 26.1. The first-order valence-corrected chi connectivity index (χ1v) is 6.84. The van der Waals surface area contributed by atoms with E-state index in [0.717, 1.165) is 0 Å². The van der Waals surface area contributed by atoms with Crippen molar-refractivity contribution in [2.75, 3.05) is 20.2 Å². The standard InChI is InChI=1S/C11H17NO4.C2H3ClO2/c1-10(2,3)16-9(15)12-5-7-4-11(7,6-12)8(13)14;1-5-2(3)4/h7H,4-6H2,1-3H3,(H,13,14);1H3. The van der Waals surface area contributed by atoms with Gasteiger partial charge in [-0.25, -0.2) is 9.59 Å². The van der Waals surface area contributed by atoms with Gasteiger partial charge in [0.25, 0.3) is 0 Å². The highest BCUT2D eigenvalue weighted by atomic mass is 35.5. The number of methoxy groups -OCH3 is 1. The minimum absolute atomic E-state index is 0.123. The number of halogens is 1. The van der Waals surface area contributed by atoms with Gasteiger partial charge in [0.2, 0.25) is 0 Å². The van der Waals surface area contributed by atoms with E-state index in [2.05, 4.69) is 16.3 Å². The van der Waals surface area contributed by atoms with Crippen molar-refractivity contribution in [2.24, 2.45) is 11.3 Å². The number of carbonyl (C=O) groups is 3. The van der Waals surface area contributed by atoms with Crippen molar-refractivity contribution in [2.45, 2.75) is 32.8 Å². The molecule has 2 fully saturated rings. The number of carbonyl (C=O) groups excluding carboxylic acids is 2. The Morgan fingerprint density at radius 1 is 1.33 bits per heavy atom. The number of fused-ring (bicyclic) bond motifs is 1. The van der Waals surface area contributed by atoms with Crippen molar-refractivity contribution in [3.05, 3.63) is 0 Å². The van der Waals surface area contributed by atoms with Crippen LogP contribution >= 0.6 is 11.6 Å². The summed E-state index contributed by atoms with van der Waals surface area (Å²) >= 11 is 4.60. The van der Waals surface area contributed by atoms with E-state index in [1.54, 1.807) is 20.8 Å².